The van der Waals surface area contributed by atoms with Gasteiger partial charge >= 0.3 is 0 Å². The molecule has 0 aliphatic rings. The summed E-state index contributed by atoms with van der Waals surface area (Å²) < 4.78 is 0. The van der Waals surface area contributed by atoms with E-state index in [-0.39, 0.29) is 0 Å². The maximum atomic E-state index is 9.00. The summed E-state index contributed by atoms with van der Waals surface area (Å²) in [6.45, 7) is 11.7. The van der Waals surface area contributed by atoms with Crippen LogP contribution in [0, 0.1) is 0 Å². The van der Waals surface area contributed by atoms with Gasteiger partial charge in [0.1, 0.15) is 0 Å². The van der Waals surface area contributed by atoms with Crippen molar-refractivity contribution >= 4 is 5.97 Å². The topological polar surface area (TPSA) is 40.5 Å². The van der Waals surface area contributed by atoms with E-state index in [0.717, 1.165) is 6.92 Å². The molecule has 0 aliphatic carbocycles. The number of hydrogen-bond donors (Lipinski definition) is 1. The molecule has 0 amide bonds. The zero-order chi connectivity index (χ0) is 11.4. The van der Waals surface area contributed by atoms with Gasteiger partial charge in [-0.25, -0.2) is 0 Å². The number of carboxylic acids is 1. The quantitative estimate of drug-likeness (QED) is 0.721. The third kappa shape index (κ3) is 17.5. The third-order valence-corrected chi connectivity index (χ3v) is 1.62. The second kappa shape index (κ2) is 12.4. The van der Waals surface area contributed by atoms with E-state index >= 15 is 0 Å². The predicted octanol–water partition coefficient (Wildman–Crippen LogP) is 2.61. The highest BCUT2D eigenvalue weighted by atomic mass is 16.4. The van der Waals surface area contributed by atoms with Gasteiger partial charge < -0.3 is 10.0 Å². The fourth-order valence-corrected chi connectivity index (χ4v) is 1.28. The molecule has 0 saturated heterocycles. The predicted molar refractivity (Wildman–Crippen MR) is 60.6 cm³/mol. The van der Waals surface area contributed by atoms with Crippen LogP contribution in [0.3, 0.4) is 0 Å². The molecule has 0 fully saturated rings. The number of rotatable bonds is 6. The molecule has 86 valence electrons. The molecule has 0 bridgehead atoms. The second-order valence-electron chi connectivity index (χ2n) is 3.36. The molecule has 14 heavy (non-hydrogen) atoms. The fourth-order valence-electron chi connectivity index (χ4n) is 1.28. The van der Waals surface area contributed by atoms with Crippen LogP contribution >= 0.6 is 0 Å². The molecule has 0 aliphatic heterocycles. The minimum atomic E-state index is -0.833. The van der Waals surface area contributed by atoms with Gasteiger partial charge in [-0.05, 0) is 38.9 Å². The van der Waals surface area contributed by atoms with Crippen LogP contribution in [0.25, 0.3) is 0 Å². The van der Waals surface area contributed by atoms with Gasteiger partial charge in [-0.2, -0.15) is 0 Å². The summed E-state index contributed by atoms with van der Waals surface area (Å²) in [6.07, 6.45) is 3.88. The lowest BCUT2D eigenvalue weighted by Crippen LogP contribution is -2.25. The minimum Gasteiger partial charge on any atom is -0.481 e. The molecule has 0 rings (SSSR count). The summed E-state index contributed by atoms with van der Waals surface area (Å²) >= 11 is 0. The van der Waals surface area contributed by atoms with E-state index in [0.29, 0.717) is 0 Å². The van der Waals surface area contributed by atoms with Crippen molar-refractivity contribution in [2.45, 2.75) is 47.0 Å². The van der Waals surface area contributed by atoms with Crippen LogP contribution < -0.4 is 0 Å². The number of nitrogens with zero attached hydrogens (tertiary/aromatic N) is 1. The Morgan fingerprint density at radius 3 is 1.36 bits per heavy atom. The molecule has 0 heterocycles. The van der Waals surface area contributed by atoms with Gasteiger partial charge in [-0.3, -0.25) is 4.79 Å². The van der Waals surface area contributed by atoms with Gasteiger partial charge in [0.2, 0.25) is 0 Å². The summed E-state index contributed by atoms with van der Waals surface area (Å²) in [5.41, 5.74) is 0. The molecule has 0 unspecified atom stereocenters. The summed E-state index contributed by atoms with van der Waals surface area (Å²) in [6, 6.07) is 0. The summed E-state index contributed by atoms with van der Waals surface area (Å²) in [4.78, 5) is 11.5. The monoisotopic (exact) mass is 203 g/mol. The average Bonchev–Trinajstić information content (AvgIpc) is 2.04. The van der Waals surface area contributed by atoms with E-state index in [2.05, 4.69) is 25.7 Å². The fraction of sp³-hybridized carbons (Fsp3) is 0.909. The highest BCUT2D eigenvalue weighted by molar-refractivity contribution is 5.62. The number of carboxylic acid groups (broad SMARTS) is 1. The lowest BCUT2D eigenvalue weighted by Gasteiger charge is -2.19. The van der Waals surface area contributed by atoms with Crippen molar-refractivity contribution in [1.82, 2.24) is 4.90 Å². The van der Waals surface area contributed by atoms with Crippen molar-refractivity contribution < 1.29 is 9.90 Å². The van der Waals surface area contributed by atoms with Crippen LogP contribution in [0.1, 0.15) is 47.0 Å². The Morgan fingerprint density at radius 2 is 1.21 bits per heavy atom. The van der Waals surface area contributed by atoms with Crippen LogP contribution in [0.4, 0.5) is 0 Å². The number of aliphatic carboxylic acids is 1. The Balaban J connectivity index is 0. The van der Waals surface area contributed by atoms with Crippen molar-refractivity contribution in [2.24, 2.45) is 0 Å². The zero-order valence-corrected chi connectivity index (χ0v) is 10.0. The molecule has 0 radical (unpaired) electrons. The summed E-state index contributed by atoms with van der Waals surface area (Å²) in [5, 5.41) is 7.42. The lowest BCUT2D eigenvalue weighted by molar-refractivity contribution is -0.134. The van der Waals surface area contributed by atoms with E-state index in [1.807, 2.05) is 0 Å². The van der Waals surface area contributed by atoms with Crippen molar-refractivity contribution in [2.75, 3.05) is 19.6 Å². The highest BCUT2D eigenvalue weighted by Crippen LogP contribution is 1.94. The Bertz CT molecular complexity index is 108. The van der Waals surface area contributed by atoms with E-state index < -0.39 is 5.97 Å². The van der Waals surface area contributed by atoms with Crippen molar-refractivity contribution in [3.05, 3.63) is 0 Å². The molecule has 0 spiro atoms. The Morgan fingerprint density at radius 1 is 1.00 bits per heavy atom. The van der Waals surface area contributed by atoms with Gasteiger partial charge in [0.25, 0.3) is 5.97 Å². The molecule has 3 heteroatoms. The smallest absolute Gasteiger partial charge is 0.300 e. The van der Waals surface area contributed by atoms with E-state index in [1.54, 1.807) is 0 Å². The maximum Gasteiger partial charge on any atom is 0.300 e. The van der Waals surface area contributed by atoms with Gasteiger partial charge in [-0.1, -0.05) is 20.8 Å². The summed E-state index contributed by atoms with van der Waals surface area (Å²) in [5.74, 6) is -0.833. The summed E-state index contributed by atoms with van der Waals surface area (Å²) in [7, 11) is 0. The first-order valence-corrected chi connectivity index (χ1v) is 5.50. The van der Waals surface area contributed by atoms with Gasteiger partial charge in [-0.15, -0.1) is 0 Å². The van der Waals surface area contributed by atoms with Crippen LogP contribution in [-0.4, -0.2) is 35.6 Å². The first kappa shape index (κ1) is 15.9. The Kier molecular flexibility index (Phi) is 14.1. The maximum absolute atomic E-state index is 9.00. The van der Waals surface area contributed by atoms with Gasteiger partial charge in [0.15, 0.2) is 0 Å². The first-order chi connectivity index (χ1) is 6.58. The minimum absolute atomic E-state index is 0.833. The first-order valence-electron chi connectivity index (χ1n) is 5.50. The second-order valence-corrected chi connectivity index (χ2v) is 3.36. The molecule has 0 aromatic heterocycles. The third-order valence-electron chi connectivity index (χ3n) is 1.62. The molecular formula is C11H25NO2. The molecule has 0 saturated carbocycles. The number of hydrogen-bond acceptors (Lipinski definition) is 2. The van der Waals surface area contributed by atoms with Crippen LogP contribution in [0.5, 0.6) is 0 Å². The zero-order valence-electron chi connectivity index (χ0n) is 10.0. The average molecular weight is 203 g/mol. The van der Waals surface area contributed by atoms with Crippen LogP contribution in [0.15, 0.2) is 0 Å². The largest absolute Gasteiger partial charge is 0.481 e. The Labute approximate surface area is 88.1 Å². The van der Waals surface area contributed by atoms with Gasteiger partial charge in [0, 0.05) is 6.92 Å². The Hall–Kier alpha value is -0.570. The van der Waals surface area contributed by atoms with Crippen molar-refractivity contribution in [1.29, 1.82) is 0 Å². The SMILES string of the molecule is CC(=O)O.CCCN(CCC)CCC. The highest BCUT2D eigenvalue weighted by Gasteiger charge is 1.98. The molecule has 0 aromatic carbocycles. The van der Waals surface area contributed by atoms with Crippen molar-refractivity contribution in [3.63, 3.8) is 0 Å². The van der Waals surface area contributed by atoms with E-state index in [9.17, 15) is 0 Å². The van der Waals surface area contributed by atoms with E-state index in [1.165, 1.54) is 38.9 Å². The molecule has 3 nitrogen and oxygen atoms in total. The number of carbonyl (C=O) groups is 1. The lowest BCUT2D eigenvalue weighted by atomic mass is 10.3. The normalized spacial score (nSPS) is 9.50. The standard InChI is InChI=1S/C9H21N.C2H4O2/c1-4-7-10(8-5-2)9-6-3;1-2(3)4/h4-9H2,1-3H3;1H3,(H,3,4). The molecule has 1 N–H and O–H groups in total. The molecule has 0 aromatic rings. The van der Waals surface area contributed by atoms with Gasteiger partial charge in [0.05, 0.1) is 0 Å². The molecular weight excluding hydrogens is 178 g/mol. The van der Waals surface area contributed by atoms with Crippen LogP contribution in [-0.2, 0) is 4.79 Å². The van der Waals surface area contributed by atoms with Crippen LogP contribution in [0.2, 0.25) is 0 Å². The van der Waals surface area contributed by atoms with Crippen molar-refractivity contribution in [3.8, 4) is 0 Å². The molecule has 0 atom stereocenters. The van der Waals surface area contributed by atoms with E-state index in [4.69, 9.17) is 9.90 Å².